The quantitative estimate of drug-likeness (QED) is 0.142. The lowest BCUT2D eigenvalue weighted by Crippen LogP contribution is -2.33. The zero-order valence-corrected chi connectivity index (χ0v) is 37.7. The summed E-state index contributed by atoms with van der Waals surface area (Å²) in [6, 6.07) is 66.6. The summed E-state index contributed by atoms with van der Waals surface area (Å²) < 4.78 is 0. The number of anilines is 11. The summed E-state index contributed by atoms with van der Waals surface area (Å²) in [5.41, 5.74) is 17.6. The van der Waals surface area contributed by atoms with E-state index >= 15 is 0 Å². The van der Waals surface area contributed by atoms with Gasteiger partial charge < -0.3 is 19.6 Å². The molecule has 0 saturated carbocycles. The van der Waals surface area contributed by atoms with E-state index in [1.807, 2.05) is 36.4 Å². The average molecular weight is 855 g/mol. The number of fused-ring (bicyclic) bond motifs is 6. The van der Waals surface area contributed by atoms with Crippen LogP contribution in [0.5, 0.6) is 0 Å². The fraction of sp³-hybridized carbons (Fsp3) is 0.0984. The Labute approximate surface area is 388 Å². The van der Waals surface area contributed by atoms with Gasteiger partial charge in [0.1, 0.15) is 0 Å². The number of para-hydroxylation sites is 6. The van der Waals surface area contributed by atoms with Crippen molar-refractivity contribution in [2.24, 2.45) is 0 Å². The van der Waals surface area contributed by atoms with Gasteiger partial charge in [0.05, 0.1) is 34.1 Å². The van der Waals surface area contributed by atoms with E-state index in [0.29, 0.717) is 0 Å². The van der Waals surface area contributed by atoms with Crippen molar-refractivity contribution in [1.82, 2.24) is 0 Å². The smallest absolute Gasteiger partial charge is 0.193 e. The predicted molar refractivity (Wildman–Crippen MR) is 275 cm³/mol. The molecular formula is C61H50N4O. The van der Waals surface area contributed by atoms with Crippen LogP contribution in [0.15, 0.2) is 225 Å². The van der Waals surface area contributed by atoms with Crippen LogP contribution in [0.3, 0.4) is 0 Å². The third kappa shape index (κ3) is 6.18. The van der Waals surface area contributed by atoms with Crippen LogP contribution in [-0.2, 0) is 10.8 Å². The molecule has 0 radical (unpaired) electrons. The number of allylic oxidation sites excluding steroid dienone is 3. The highest BCUT2D eigenvalue weighted by Crippen LogP contribution is 2.58. The molecule has 0 atom stereocenters. The highest BCUT2D eigenvalue weighted by Gasteiger charge is 2.41. The third-order valence-corrected chi connectivity index (χ3v) is 13.8. The molecule has 3 aliphatic rings. The molecule has 0 N–H and O–H groups in total. The molecule has 0 amide bonds. The topological polar surface area (TPSA) is 30.0 Å². The average Bonchev–Trinajstić information content (AvgIpc) is 3.35. The van der Waals surface area contributed by atoms with Gasteiger partial charge in [0, 0.05) is 56.1 Å². The zero-order chi connectivity index (χ0) is 45.3. The molecular weight excluding hydrogens is 805 g/mol. The summed E-state index contributed by atoms with van der Waals surface area (Å²) >= 11 is 0. The predicted octanol–water partition coefficient (Wildman–Crippen LogP) is 16.3. The highest BCUT2D eigenvalue weighted by molar-refractivity contribution is 6.14. The molecule has 5 nitrogen and oxygen atoms in total. The monoisotopic (exact) mass is 854 g/mol. The lowest BCUT2D eigenvalue weighted by molar-refractivity contribution is 0.103. The van der Waals surface area contributed by atoms with Crippen molar-refractivity contribution >= 4 is 68.3 Å². The Kier molecular flexibility index (Phi) is 9.56. The highest BCUT2D eigenvalue weighted by atomic mass is 16.1. The van der Waals surface area contributed by atoms with Crippen molar-refractivity contribution in [2.75, 3.05) is 19.6 Å². The fourth-order valence-electron chi connectivity index (χ4n) is 10.6. The number of carbonyl (C=O) groups excluding carboxylic acids is 1. The van der Waals surface area contributed by atoms with Crippen molar-refractivity contribution in [3.8, 4) is 0 Å². The standard InChI is InChI=1S/C61H50N4O/c1-7-21-41(8-2)63-55-28-17-19-30-57(55)65(58-31-20-18-29-56(58)63)46-34-37-54-52(40-46)61(5,6)51-39-45(62(42-22-11-9-12-23-42)43-24-13-10-14-25-43)33-36-53(51)64(54)44-32-35-50-48(38-44)59(66)47-26-15-16-27-49(47)60(50,3)4/h7-40H,1-2H2,3-6H3/b41-21+. The number of hydrogen-bond donors (Lipinski definition) is 0. The van der Waals surface area contributed by atoms with Gasteiger partial charge in [-0.05, 0) is 131 Å². The molecule has 0 saturated heterocycles. The van der Waals surface area contributed by atoms with Gasteiger partial charge in [-0.3, -0.25) is 4.79 Å². The van der Waals surface area contributed by atoms with Crippen LogP contribution in [0.2, 0.25) is 0 Å². The summed E-state index contributed by atoms with van der Waals surface area (Å²) in [4.78, 5) is 23.9. The second-order valence-electron chi connectivity index (χ2n) is 18.3. The molecule has 11 rings (SSSR count). The minimum absolute atomic E-state index is 0.0608. The van der Waals surface area contributed by atoms with Gasteiger partial charge in [0.15, 0.2) is 5.78 Å². The van der Waals surface area contributed by atoms with Gasteiger partial charge in [0.25, 0.3) is 0 Å². The van der Waals surface area contributed by atoms with Crippen LogP contribution in [0, 0.1) is 0 Å². The van der Waals surface area contributed by atoms with Crippen LogP contribution in [-0.4, -0.2) is 5.78 Å². The van der Waals surface area contributed by atoms with Crippen LogP contribution >= 0.6 is 0 Å². The molecule has 8 aromatic rings. The van der Waals surface area contributed by atoms with Crippen LogP contribution in [0.4, 0.5) is 62.6 Å². The molecule has 2 heterocycles. The van der Waals surface area contributed by atoms with Crippen LogP contribution in [0.25, 0.3) is 0 Å². The van der Waals surface area contributed by atoms with Gasteiger partial charge in [-0.2, -0.15) is 0 Å². The van der Waals surface area contributed by atoms with E-state index in [-0.39, 0.29) is 11.2 Å². The first kappa shape index (κ1) is 40.6. The molecule has 0 spiro atoms. The Bertz CT molecular complexity index is 3200. The summed E-state index contributed by atoms with van der Waals surface area (Å²) in [6.07, 6.45) is 5.70. The second-order valence-corrected chi connectivity index (χ2v) is 18.3. The van der Waals surface area contributed by atoms with E-state index in [2.05, 4.69) is 230 Å². The Morgan fingerprint density at radius 2 is 0.939 bits per heavy atom. The van der Waals surface area contributed by atoms with Crippen molar-refractivity contribution < 1.29 is 4.79 Å². The molecule has 5 heteroatoms. The largest absolute Gasteiger partial charge is 0.310 e. The van der Waals surface area contributed by atoms with E-state index in [4.69, 9.17) is 0 Å². The van der Waals surface area contributed by atoms with Crippen molar-refractivity contribution in [3.05, 3.63) is 259 Å². The lowest BCUT2D eigenvalue weighted by Gasteiger charge is -2.44. The second kappa shape index (κ2) is 15.5. The van der Waals surface area contributed by atoms with E-state index < -0.39 is 5.41 Å². The van der Waals surface area contributed by atoms with Gasteiger partial charge in [-0.15, -0.1) is 0 Å². The molecule has 0 bridgehead atoms. The van der Waals surface area contributed by atoms with Gasteiger partial charge in [-0.25, -0.2) is 0 Å². The van der Waals surface area contributed by atoms with Gasteiger partial charge in [-0.1, -0.05) is 138 Å². The summed E-state index contributed by atoms with van der Waals surface area (Å²) in [7, 11) is 0. The first-order chi connectivity index (χ1) is 32.1. The zero-order valence-electron chi connectivity index (χ0n) is 37.7. The molecule has 0 unspecified atom stereocenters. The number of nitrogens with zero attached hydrogens (tertiary/aromatic N) is 4. The molecule has 320 valence electrons. The maximum Gasteiger partial charge on any atom is 0.193 e. The van der Waals surface area contributed by atoms with Crippen molar-refractivity contribution in [3.63, 3.8) is 0 Å². The first-order valence-electron chi connectivity index (χ1n) is 22.6. The molecule has 2 aliphatic heterocycles. The first-order valence-corrected chi connectivity index (χ1v) is 22.6. The number of rotatable bonds is 8. The maximum atomic E-state index is 14.5. The maximum absolute atomic E-state index is 14.5. The normalized spacial score (nSPS) is 15.1. The van der Waals surface area contributed by atoms with E-state index in [1.54, 1.807) is 0 Å². The Morgan fingerprint density at radius 1 is 0.455 bits per heavy atom. The van der Waals surface area contributed by atoms with Crippen LogP contribution in [0.1, 0.15) is 65.9 Å². The van der Waals surface area contributed by atoms with Gasteiger partial charge in [0.2, 0.25) is 0 Å². The minimum atomic E-state index is -0.471. The molecule has 0 fully saturated rings. The third-order valence-electron chi connectivity index (χ3n) is 13.8. The summed E-state index contributed by atoms with van der Waals surface area (Å²) in [5.74, 6) is 0.0608. The van der Waals surface area contributed by atoms with Crippen molar-refractivity contribution in [1.29, 1.82) is 0 Å². The van der Waals surface area contributed by atoms with E-state index in [1.165, 1.54) is 11.1 Å². The number of hydrogen-bond acceptors (Lipinski definition) is 5. The fourth-order valence-corrected chi connectivity index (χ4v) is 10.6. The Balaban J connectivity index is 1.13. The minimum Gasteiger partial charge on any atom is -0.310 e. The Hall–Kier alpha value is -8.15. The summed E-state index contributed by atoms with van der Waals surface area (Å²) in [6.45, 7) is 17.3. The number of ketones is 1. The lowest BCUT2D eigenvalue weighted by atomic mass is 9.68. The number of benzene rings is 8. The van der Waals surface area contributed by atoms with Crippen LogP contribution < -0.4 is 19.6 Å². The molecule has 1 aliphatic carbocycles. The number of carbonyl (C=O) groups is 1. The van der Waals surface area contributed by atoms with Crippen molar-refractivity contribution in [2.45, 2.75) is 38.5 Å². The van der Waals surface area contributed by atoms with E-state index in [9.17, 15) is 4.79 Å². The molecule has 0 aromatic heterocycles. The van der Waals surface area contributed by atoms with Gasteiger partial charge >= 0.3 is 0 Å². The Morgan fingerprint density at radius 3 is 1.56 bits per heavy atom. The summed E-state index contributed by atoms with van der Waals surface area (Å²) in [5, 5.41) is 0. The molecule has 8 aromatic carbocycles. The SMILES string of the molecule is C=C/C=C(\C=C)N1c2ccccc2N(c2ccc3c(c2)C(C)(C)c2cc(N(c4ccccc4)c4ccccc4)ccc2N3c2ccc3c(c2)C(=O)c2ccccc2C3(C)C)c2ccccc21. The molecule has 66 heavy (non-hydrogen) atoms. The van der Waals surface area contributed by atoms with E-state index in [0.717, 1.165) is 90.5 Å².